The molecule has 1 aromatic heterocycles. The van der Waals surface area contributed by atoms with E-state index in [1.807, 2.05) is 25.1 Å². The van der Waals surface area contributed by atoms with Crippen LogP contribution < -0.4 is 10.6 Å². The molecule has 1 heterocycles. The Morgan fingerprint density at radius 1 is 1.12 bits per heavy atom. The van der Waals surface area contributed by atoms with Crippen LogP contribution in [0.3, 0.4) is 0 Å². The van der Waals surface area contributed by atoms with E-state index in [1.165, 1.54) is 7.11 Å². The van der Waals surface area contributed by atoms with Gasteiger partial charge in [-0.15, -0.1) is 0 Å². The van der Waals surface area contributed by atoms with Crippen LogP contribution in [0.4, 0.5) is 23.1 Å². The molecular weight excluding hydrogens is 352 g/mol. The van der Waals surface area contributed by atoms with Gasteiger partial charge in [-0.05, 0) is 55.0 Å². The molecule has 7 heteroatoms. The van der Waals surface area contributed by atoms with Crippen molar-refractivity contribution in [1.29, 1.82) is 0 Å². The minimum absolute atomic E-state index is 0.392. The molecule has 26 heavy (non-hydrogen) atoms. The number of nitrogens with zero attached hydrogens (tertiary/aromatic N) is 2. The lowest BCUT2D eigenvalue weighted by Crippen LogP contribution is -2.03. The van der Waals surface area contributed by atoms with Crippen LogP contribution in [0.1, 0.15) is 15.9 Å². The lowest BCUT2D eigenvalue weighted by atomic mass is 10.2. The predicted octanol–water partition coefficient (Wildman–Crippen LogP) is 4.71. The fraction of sp³-hybridized carbons (Fsp3) is 0.105. The summed E-state index contributed by atoms with van der Waals surface area (Å²) in [5.41, 5.74) is 3.05. The van der Waals surface area contributed by atoms with Crippen LogP contribution in [0.5, 0.6) is 0 Å². The number of aryl methyl sites for hydroxylation is 1. The number of esters is 1. The van der Waals surface area contributed by atoms with Gasteiger partial charge in [-0.2, -0.15) is 4.98 Å². The van der Waals surface area contributed by atoms with E-state index < -0.39 is 5.97 Å². The molecule has 0 bridgehead atoms. The molecule has 0 radical (unpaired) electrons. The van der Waals surface area contributed by atoms with Crippen LogP contribution in [-0.2, 0) is 4.74 Å². The van der Waals surface area contributed by atoms with Crippen molar-refractivity contribution in [1.82, 2.24) is 9.97 Å². The number of anilines is 4. The Labute approximate surface area is 156 Å². The minimum atomic E-state index is -0.392. The summed E-state index contributed by atoms with van der Waals surface area (Å²) in [6.07, 6.45) is 1.65. The smallest absolute Gasteiger partial charge is 0.337 e. The Kier molecular flexibility index (Phi) is 5.34. The number of methoxy groups -OCH3 is 1. The first-order valence-corrected chi connectivity index (χ1v) is 8.24. The number of carbonyl (C=O) groups is 1. The first-order chi connectivity index (χ1) is 12.5. The van der Waals surface area contributed by atoms with Crippen molar-refractivity contribution >= 4 is 40.7 Å². The second kappa shape index (κ2) is 7.84. The van der Waals surface area contributed by atoms with E-state index in [0.717, 1.165) is 16.9 Å². The van der Waals surface area contributed by atoms with E-state index in [-0.39, 0.29) is 0 Å². The number of benzene rings is 2. The second-order valence-corrected chi connectivity index (χ2v) is 5.98. The average Bonchev–Trinajstić information content (AvgIpc) is 2.64. The Bertz CT molecular complexity index is 946. The third kappa shape index (κ3) is 4.29. The topological polar surface area (TPSA) is 76.1 Å². The molecular formula is C19H17ClN4O2. The summed E-state index contributed by atoms with van der Waals surface area (Å²) < 4.78 is 4.73. The summed E-state index contributed by atoms with van der Waals surface area (Å²) in [7, 11) is 1.35. The Morgan fingerprint density at radius 3 is 2.73 bits per heavy atom. The number of carbonyl (C=O) groups excluding carboxylic acids is 1. The molecule has 0 saturated heterocycles. The van der Waals surface area contributed by atoms with Crippen molar-refractivity contribution in [3.05, 3.63) is 70.9 Å². The second-order valence-electron chi connectivity index (χ2n) is 5.55. The van der Waals surface area contributed by atoms with Gasteiger partial charge in [-0.3, -0.25) is 0 Å². The van der Waals surface area contributed by atoms with Gasteiger partial charge < -0.3 is 15.4 Å². The quantitative estimate of drug-likeness (QED) is 0.635. The number of ether oxygens (including phenoxy) is 1. The Morgan fingerprint density at radius 2 is 1.96 bits per heavy atom. The van der Waals surface area contributed by atoms with Crippen molar-refractivity contribution < 1.29 is 9.53 Å². The molecule has 132 valence electrons. The zero-order valence-electron chi connectivity index (χ0n) is 14.3. The van der Waals surface area contributed by atoms with Gasteiger partial charge in [-0.1, -0.05) is 17.7 Å². The van der Waals surface area contributed by atoms with Crippen LogP contribution in [0.2, 0.25) is 5.02 Å². The summed E-state index contributed by atoms with van der Waals surface area (Å²) in [5, 5.41) is 7.00. The van der Waals surface area contributed by atoms with Gasteiger partial charge in [0.1, 0.15) is 5.82 Å². The van der Waals surface area contributed by atoms with E-state index in [4.69, 9.17) is 16.3 Å². The third-order valence-electron chi connectivity index (χ3n) is 3.65. The first kappa shape index (κ1) is 17.7. The minimum Gasteiger partial charge on any atom is -0.465 e. The summed E-state index contributed by atoms with van der Waals surface area (Å²) >= 11 is 5.98. The Balaban J connectivity index is 1.78. The van der Waals surface area contributed by atoms with Crippen LogP contribution >= 0.6 is 11.6 Å². The molecule has 0 saturated carbocycles. The zero-order chi connectivity index (χ0) is 18.5. The fourth-order valence-corrected chi connectivity index (χ4v) is 2.59. The monoisotopic (exact) mass is 368 g/mol. The highest BCUT2D eigenvalue weighted by Gasteiger charge is 2.07. The molecule has 6 nitrogen and oxygen atoms in total. The number of nitrogens with one attached hydrogen (secondary N) is 2. The summed E-state index contributed by atoms with van der Waals surface area (Å²) in [4.78, 5) is 20.3. The lowest BCUT2D eigenvalue weighted by molar-refractivity contribution is 0.0601. The van der Waals surface area contributed by atoms with Gasteiger partial charge in [0, 0.05) is 22.6 Å². The summed E-state index contributed by atoms with van der Waals surface area (Å²) in [6, 6.07) is 14.3. The molecule has 0 spiro atoms. The van der Waals surface area contributed by atoms with Crippen molar-refractivity contribution in [3.8, 4) is 0 Å². The lowest BCUT2D eigenvalue weighted by Gasteiger charge is -2.11. The van der Waals surface area contributed by atoms with E-state index in [9.17, 15) is 4.79 Å². The number of hydrogen-bond donors (Lipinski definition) is 2. The van der Waals surface area contributed by atoms with Crippen molar-refractivity contribution in [2.24, 2.45) is 0 Å². The number of hydrogen-bond acceptors (Lipinski definition) is 6. The number of halogens is 1. The molecule has 0 aliphatic heterocycles. The molecule has 0 unspecified atom stereocenters. The van der Waals surface area contributed by atoms with Gasteiger partial charge in [0.15, 0.2) is 0 Å². The van der Waals surface area contributed by atoms with Gasteiger partial charge >= 0.3 is 5.97 Å². The van der Waals surface area contributed by atoms with Crippen molar-refractivity contribution in [2.75, 3.05) is 17.7 Å². The van der Waals surface area contributed by atoms with Crippen LogP contribution in [0.15, 0.2) is 54.7 Å². The van der Waals surface area contributed by atoms with Gasteiger partial charge in [0.05, 0.1) is 12.7 Å². The van der Waals surface area contributed by atoms with Crippen molar-refractivity contribution in [3.63, 3.8) is 0 Å². The largest absolute Gasteiger partial charge is 0.465 e. The van der Waals surface area contributed by atoms with E-state index in [2.05, 4.69) is 20.6 Å². The van der Waals surface area contributed by atoms with E-state index >= 15 is 0 Å². The molecule has 0 aliphatic rings. The highest BCUT2D eigenvalue weighted by molar-refractivity contribution is 6.30. The average molecular weight is 369 g/mol. The summed E-state index contributed by atoms with van der Waals surface area (Å²) in [6.45, 7) is 1.95. The molecule has 0 aliphatic carbocycles. The van der Waals surface area contributed by atoms with Gasteiger partial charge in [0.25, 0.3) is 0 Å². The highest BCUT2D eigenvalue weighted by atomic mass is 35.5. The number of rotatable bonds is 5. The molecule has 2 N–H and O–H groups in total. The van der Waals surface area contributed by atoms with Crippen LogP contribution in [0, 0.1) is 6.92 Å². The maximum atomic E-state index is 11.6. The third-order valence-corrected chi connectivity index (χ3v) is 3.88. The molecule has 2 aromatic carbocycles. The SMILES string of the molecule is COC(=O)c1cccc(Nc2ccnc(Nc3ccc(Cl)cc3C)n2)c1. The normalized spacial score (nSPS) is 10.3. The van der Waals surface area contributed by atoms with Crippen LogP contribution in [-0.4, -0.2) is 23.0 Å². The van der Waals surface area contributed by atoms with E-state index in [0.29, 0.717) is 22.4 Å². The molecule has 0 amide bonds. The van der Waals surface area contributed by atoms with Gasteiger partial charge in [0.2, 0.25) is 5.95 Å². The summed E-state index contributed by atoms with van der Waals surface area (Å²) in [5.74, 6) is 0.651. The first-order valence-electron chi connectivity index (χ1n) is 7.87. The zero-order valence-corrected chi connectivity index (χ0v) is 15.0. The molecule has 0 fully saturated rings. The molecule has 3 aromatic rings. The molecule has 3 rings (SSSR count). The van der Waals surface area contributed by atoms with Crippen LogP contribution in [0.25, 0.3) is 0 Å². The number of aromatic nitrogens is 2. The molecule has 0 atom stereocenters. The predicted molar refractivity (Wildman–Crippen MR) is 103 cm³/mol. The highest BCUT2D eigenvalue weighted by Crippen LogP contribution is 2.23. The maximum Gasteiger partial charge on any atom is 0.337 e. The van der Waals surface area contributed by atoms with E-state index in [1.54, 1.807) is 36.5 Å². The van der Waals surface area contributed by atoms with Gasteiger partial charge in [-0.25, -0.2) is 9.78 Å². The maximum absolute atomic E-state index is 11.6. The van der Waals surface area contributed by atoms with Crippen molar-refractivity contribution in [2.45, 2.75) is 6.92 Å². The Hall–Kier alpha value is -3.12. The standard InChI is InChI=1S/C19H17ClN4O2/c1-12-10-14(20)6-7-16(12)23-19-21-9-8-17(24-19)22-15-5-3-4-13(11-15)18(25)26-2/h3-11H,1-2H3,(H2,21,22,23,24). The fourth-order valence-electron chi connectivity index (χ4n) is 2.37.